The van der Waals surface area contributed by atoms with Gasteiger partial charge in [-0.15, -0.1) is 0 Å². The van der Waals surface area contributed by atoms with Crippen molar-refractivity contribution in [1.82, 2.24) is 4.90 Å². The minimum Gasteiger partial charge on any atom is -0.487 e. The first kappa shape index (κ1) is 17.4. The minimum atomic E-state index is -0.114. The first-order valence-electron chi connectivity index (χ1n) is 9.58. The molecule has 2 aromatic carbocycles. The average molecular weight is 378 g/mol. The van der Waals surface area contributed by atoms with E-state index in [0.717, 1.165) is 42.0 Å². The Morgan fingerprint density at radius 3 is 2.96 bits per heavy atom. The largest absolute Gasteiger partial charge is 0.487 e. The molecule has 6 nitrogen and oxygen atoms in total. The molecular formula is C22H22N2O4. The van der Waals surface area contributed by atoms with Crippen LogP contribution in [0.5, 0.6) is 0 Å². The molecule has 3 heterocycles. The van der Waals surface area contributed by atoms with Gasteiger partial charge in [-0.05, 0) is 11.6 Å². The maximum Gasteiger partial charge on any atom is 0.260 e. The lowest BCUT2D eigenvalue weighted by Gasteiger charge is -2.32. The number of aliphatic hydroxyl groups is 1. The van der Waals surface area contributed by atoms with Crippen molar-refractivity contribution in [3.8, 4) is 0 Å². The molecule has 3 aliphatic heterocycles. The Kier molecular flexibility index (Phi) is 4.39. The van der Waals surface area contributed by atoms with E-state index < -0.39 is 0 Å². The van der Waals surface area contributed by atoms with Crippen molar-refractivity contribution in [2.45, 2.75) is 19.3 Å². The van der Waals surface area contributed by atoms with Crippen LogP contribution >= 0.6 is 0 Å². The molecule has 0 aromatic heterocycles. The molecule has 0 aliphatic carbocycles. The monoisotopic (exact) mass is 378 g/mol. The zero-order valence-electron chi connectivity index (χ0n) is 15.5. The van der Waals surface area contributed by atoms with E-state index in [9.17, 15) is 9.90 Å². The van der Waals surface area contributed by atoms with Crippen molar-refractivity contribution in [1.29, 1.82) is 0 Å². The van der Waals surface area contributed by atoms with Gasteiger partial charge in [-0.25, -0.2) is 0 Å². The second-order valence-electron chi connectivity index (χ2n) is 7.39. The molecule has 6 heteroatoms. The number of fused-ring (bicyclic) bond motifs is 2. The highest BCUT2D eigenvalue weighted by Gasteiger charge is 2.32. The molecule has 1 fully saturated rings. The zero-order valence-corrected chi connectivity index (χ0v) is 15.5. The number of benzene rings is 2. The summed E-state index contributed by atoms with van der Waals surface area (Å²) in [6.45, 7) is 3.56. The van der Waals surface area contributed by atoms with Crippen LogP contribution in [0.25, 0.3) is 11.3 Å². The molecule has 2 N–H and O–H groups in total. The third-order valence-electron chi connectivity index (χ3n) is 5.52. The van der Waals surface area contributed by atoms with Gasteiger partial charge >= 0.3 is 0 Å². The third kappa shape index (κ3) is 2.99. The molecule has 1 unspecified atom stereocenters. The summed E-state index contributed by atoms with van der Waals surface area (Å²) in [5, 5.41) is 12.2. The molecule has 144 valence electrons. The SMILES string of the molecule is O=C1Nc2ccccc2/C1=C1\OCc2cc(CN3CCOC(CO)C3)ccc21. The Balaban J connectivity index is 1.43. The van der Waals surface area contributed by atoms with Crippen LogP contribution in [0.1, 0.15) is 22.3 Å². The van der Waals surface area contributed by atoms with E-state index in [2.05, 4.69) is 28.4 Å². The molecule has 3 aliphatic rings. The summed E-state index contributed by atoms with van der Waals surface area (Å²) in [7, 11) is 0. The van der Waals surface area contributed by atoms with Crippen molar-refractivity contribution in [3.05, 3.63) is 64.7 Å². The lowest BCUT2D eigenvalue weighted by molar-refractivity contribution is -0.110. The van der Waals surface area contributed by atoms with Crippen LogP contribution in [0.3, 0.4) is 0 Å². The predicted octanol–water partition coefficient (Wildman–Crippen LogP) is 2.23. The fourth-order valence-electron chi connectivity index (χ4n) is 4.16. The van der Waals surface area contributed by atoms with Crippen LogP contribution in [0.15, 0.2) is 42.5 Å². The smallest absolute Gasteiger partial charge is 0.260 e. The number of nitrogens with one attached hydrogen (secondary N) is 1. The normalized spacial score (nSPS) is 23.9. The lowest BCUT2D eigenvalue weighted by Crippen LogP contribution is -2.43. The summed E-state index contributed by atoms with van der Waals surface area (Å²) in [4.78, 5) is 14.8. The number of anilines is 1. The van der Waals surface area contributed by atoms with Gasteiger partial charge in [0.05, 0.1) is 24.9 Å². The molecular weight excluding hydrogens is 356 g/mol. The summed E-state index contributed by atoms with van der Waals surface area (Å²) in [5.74, 6) is 0.548. The number of nitrogens with zero attached hydrogens (tertiary/aromatic N) is 1. The summed E-state index contributed by atoms with van der Waals surface area (Å²) in [6, 6.07) is 14.0. The number of rotatable bonds is 3. The summed E-state index contributed by atoms with van der Waals surface area (Å²) in [6.07, 6.45) is -0.108. The highest BCUT2D eigenvalue weighted by Crippen LogP contribution is 2.41. The Labute approximate surface area is 163 Å². The fourth-order valence-corrected chi connectivity index (χ4v) is 4.16. The number of hydrogen-bond acceptors (Lipinski definition) is 5. The van der Waals surface area contributed by atoms with Crippen molar-refractivity contribution >= 4 is 22.9 Å². The first-order valence-corrected chi connectivity index (χ1v) is 9.58. The Morgan fingerprint density at radius 1 is 1.18 bits per heavy atom. The molecule has 28 heavy (non-hydrogen) atoms. The fraction of sp³-hybridized carbons (Fsp3) is 0.318. The Bertz CT molecular complexity index is 969. The predicted molar refractivity (Wildman–Crippen MR) is 105 cm³/mol. The number of hydrogen-bond donors (Lipinski definition) is 2. The quantitative estimate of drug-likeness (QED) is 0.802. The number of morpholine rings is 1. The van der Waals surface area contributed by atoms with Gasteiger partial charge in [0.25, 0.3) is 5.91 Å². The molecule has 2 aromatic rings. The number of ether oxygens (including phenoxy) is 2. The number of amides is 1. The van der Waals surface area contributed by atoms with E-state index in [-0.39, 0.29) is 18.6 Å². The molecule has 5 rings (SSSR count). The molecule has 1 atom stereocenters. The molecule has 1 saturated heterocycles. The van der Waals surface area contributed by atoms with E-state index in [4.69, 9.17) is 9.47 Å². The summed E-state index contributed by atoms with van der Waals surface area (Å²) >= 11 is 0. The molecule has 0 bridgehead atoms. The Morgan fingerprint density at radius 2 is 2.07 bits per heavy atom. The second-order valence-corrected chi connectivity index (χ2v) is 7.39. The van der Waals surface area contributed by atoms with Crippen molar-refractivity contribution in [3.63, 3.8) is 0 Å². The zero-order chi connectivity index (χ0) is 19.1. The lowest BCUT2D eigenvalue weighted by atomic mass is 9.99. The molecule has 1 amide bonds. The number of carbonyl (C=O) groups is 1. The van der Waals surface area contributed by atoms with Gasteiger partial charge in [-0.3, -0.25) is 9.69 Å². The molecule has 0 spiro atoms. The van der Waals surface area contributed by atoms with Crippen LogP contribution in [-0.2, 0) is 27.4 Å². The standard InChI is InChI=1S/C22H22N2O4/c25-12-16-11-24(7-8-27-16)10-14-5-6-17-15(9-14)13-28-21(17)20-18-3-1-2-4-19(18)23-22(20)26/h1-6,9,16,25H,7-8,10-13H2,(H,23,26)/b21-20+. The van der Waals surface area contributed by atoms with E-state index >= 15 is 0 Å². The number of para-hydroxylation sites is 1. The minimum absolute atomic E-state index is 0.0506. The first-order chi connectivity index (χ1) is 13.7. The van der Waals surface area contributed by atoms with E-state index in [1.165, 1.54) is 5.56 Å². The van der Waals surface area contributed by atoms with Crippen LogP contribution in [0, 0.1) is 0 Å². The van der Waals surface area contributed by atoms with Crippen LogP contribution in [0.2, 0.25) is 0 Å². The Hall–Kier alpha value is -2.67. The van der Waals surface area contributed by atoms with Crippen LogP contribution in [0.4, 0.5) is 5.69 Å². The topological polar surface area (TPSA) is 71.0 Å². The highest BCUT2D eigenvalue weighted by molar-refractivity contribution is 6.36. The van der Waals surface area contributed by atoms with Gasteiger partial charge in [0.15, 0.2) is 0 Å². The van der Waals surface area contributed by atoms with Crippen LogP contribution < -0.4 is 5.32 Å². The van der Waals surface area contributed by atoms with E-state index in [1.807, 2.05) is 24.3 Å². The van der Waals surface area contributed by atoms with Gasteiger partial charge in [0, 0.05) is 42.0 Å². The molecule has 0 radical (unpaired) electrons. The van der Waals surface area contributed by atoms with E-state index in [0.29, 0.717) is 24.5 Å². The van der Waals surface area contributed by atoms with Gasteiger partial charge in [0.2, 0.25) is 0 Å². The van der Waals surface area contributed by atoms with Crippen molar-refractivity contribution < 1.29 is 19.4 Å². The van der Waals surface area contributed by atoms with Crippen molar-refractivity contribution in [2.24, 2.45) is 0 Å². The second kappa shape index (κ2) is 7.05. The number of carbonyl (C=O) groups excluding carboxylic acids is 1. The maximum absolute atomic E-state index is 12.5. The maximum atomic E-state index is 12.5. The summed E-state index contributed by atoms with van der Waals surface area (Å²) < 4.78 is 11.5. The van der Waals surface area contributed by atoms with Gasteiger partial charge in [-0.2, -0.15) is 0 Å². The van der Waals surface area contributed by atoms with Crippen molar-refractivity contribution in [2.75, 3.05) is 31.6 Å². The van der Waals surface area contributed by atoms with Gasteiger partial charge in [0.1, 0.15) is 12.4 Å². The van der Waals surface area contributed by atoms with Gasteiger partial charge in [-0.1, -0.05) is 36.4 Å². The third-order valence-corrected chi connectivity index (χ3v) is 5.52. The average Bonchev–Trinajstić information content (AvgIpc) is 3.27. The van der Waals surface area contributed by atoms with E-state index in [1.54, 1.807) is 0 Å². The molecule has 0 saturated carbocycles. The van der Waals surface area contributed by atoms with Crippen LogP contribution in [-0.4, -0.2) is 48.3 Å². The van der Waals surface area contributed by atoms with Gasteiger partial charge < -0.3 is 19.9 Å². The number of aliphatic hydroxyl groups excluding tert-OH is 1. The highest BCUT2D eigenvalue weighted by atomic mass is 16.5. The summed E-state index contributed by atoms with van der Waals surface area (Å²) in [5.41, 5.74) is 5.62.